The molecule has 1 aromatic carbocycles. The molecule has 2 atom stereocenters. The van der Waals surface area contributed by atoms with Crippen molar-refractivity contribution >= 4 is 9.84 Å². The number of rotatable bonds is 3. The van der Waals surface area contributed by atoms with Crippen molar-refractivity contribution in [3.8, 4) is 0 Å². The summed E-state index contributed by atoms with van der Waals surface area (Å²) in [6, 6.07) is 7.78. The van der Waals surface area contributed by atoms with E-state index in [9.17, 15) is 8.42 Å². The normalized spacial score (nSPS) is 24.0. The van der Waals surface area contributed by atoms with Crippen molar-refractivity contribution < 1.29 is 8.42 Å². The van der Waals surface area contributed by atoms with E-state index in [-0.39, 0.29) is 10.7 Å². The van der Waals surface area contributed by atoms with Crippen molar-refractivity contribution in [2.75, 3.05) is 7.05 Å². The summed E-state index contributed by atoms with van der Waals surface area (Å²) in [5.41, 5.74) is 1.21. The van der Waals surface area contributed by atoms with Gasteiger partial charge in [0.25, 0.3) is 0 Å². The highest BCUT2D eigenvalue weighted by atomic mass is 32.2. The van der Waals surface area contributed by atoms with Gasteiger partial charge in [-0.05, 0) is 49.4 Å². The highest BCUT2D eigenvalue weighted by Crippen LogP contribution is 2.30. The van der Waals surface area contributed by atoms with Gasteiger partial charge in [-0.3, -0.25) is 0 Å². The number of sulfone groups is 1. The Balaban J connectivity index is 2.23. The van der Waals surface area contributed by atoms with E-state index in [1.54, 1.807) is 12.1 Å². The molecule has 1 fully saturated rings. The van der Waals surface area contributed by atoms with Crippen LogP contribution in [0.1, 0.15) is 52.0 Å². The molecule has 21 heavy (non-hydrogen) atoms. The zero-order chi connectivity index (χ0) is 15.7. The lowest BCUT2D eigenvalue weighted by molar-refractivity contribution is 0.390. The lowest BCUT2D eigenvalue weighted by Gasteiger charge is -2.28. The van der Waals surface area contributed by atoms with Gasteiger partial charge in [-0.25, -0.2) is 8.42 Å². The maximum Gasteiger partial charge on any atom is 0.181 e. The SMILES string of the molecule is CNC1CCCC(S(=O)(=O)c2ccc(C(C)(C)C)cc2)C1. The minimum atomic E-state index is -3.21. The average molecular weight is 309 g/mol. The fourth-order valence-corrected chi connectivity index (χ4v) is 4.89. The van der Waals surface area contributed by atoms with Crippen LogP contribution >= 0.6 is 0 Å². The number of nitrogens with one attached hydrogen (secondary N) is 1. The zero-order valence-electron chi connectivity index (χ0n) is 13.5. The van der Waals surface area contributed by atoms with Crippen LogP contribution < -0.4 is 5.32 Å². The molecular weight excluding hydrogens is 282 g/mol. The molecule has 0 radical (unpaired) electrons. The molecule has 3 nitrogen and oxygen atoms in total. The van der Waals surface area contributed by atoms with Crippen LogP contribution in [0.4, 0.5) is 0 Å². The van der Waals surface area contributed by atoms with Gasteiger partial charge in [0.05, 0.1) is 10.1 Å². The molecule has 2 unspecified atom stereocenters. The van der Waals surface area contributed by atoms with Gasteiger partial charge in [0.2, 0.25) is 0 Å². The smallest absolute Gasteiger partial charge is 0.181 e. The molecular formula is C17H27NO2S. The van der Waals surface area contributed by atoms with Crippen molar-refractivity contribution in [3.05, 3.63) is 29.8 Å². The molecule has 1 N–H and O–H groups in total. The first-order chi connectivity index (χ1) is 9.75. The summed E-state index contributed by atoms with van der Waals surface area (Å²) in [4.78, 5) is 0.470. The Labute approximate surface area is 129 Å². The molecule has 1 aliphatic carbocycles. The van der Waals surface area contributed by atoms with Crippen LogP contribution in [0.3, 0.4) is 0 Å². The number of hydrogen-bond donors (Lipinski definition) is 1. The summed E-state index contributed by atoms with van der Waals surface area (Å²) in [6.07, 6.45) is 3.56. The van der Waals surface area contributed by atoms with Crippen LogP contribution in [0, 0.1) is 0 Å². The van der Waals surface area contributed by atoms with Crippen LogP contribution in [0.2, 0.25) is 0 Å². The van der Waals surface area contributed by atoms with Gasteiger partial charge < -0.3 is 5.32 Å². The lowest BCUT2D eigenvalue weighted by atomic mass is 9.87. The molecule has 0 spiro atoms. The van der Waals surface area contributed by atoms with Gasteiger partial charge in [-0.1, -0.05) is 39.3 Å². The standard InChI is InChI=1S/C17H27NO2S/c1-17(2,3)13-8-10-15(11-9-13)21(19,20)16-7-5-6-14(12-16)18-4/h8-11,14,16,18H,5-7,12H2,1-4H3. The average Bonchev–Trinajstić information content (AvgIpc) is 2.46. The van der Waals surface area contributed by atoms with E-state index >= 15 is 0 Å². The van der Waals surface area contributed by atoms with Crippen molar-refractivity contribution in [3.63, 3.8) is 0 Å². The summed E-state index contributed by atoms with van der Waals surface area (Å²) in [5, 5.41) is 2.98. The molecule has 0 aliphatic heterocycles. The first-order valence-electron chi connectivity index (χ1n) is 7.77. The molecule has 1 saturated carbocycles. The van der Waals surface area contributed by atoms with Gasteiger partial charge in [0, 0.05) is 6.04 Å². The number of benzene rings is 1. The Morgan fingerprint density at radius 3 is 2.24 bits per heavy atom. The zero-order valence-corrected chi connectivity index (χ0v) is 14.3. The first kappa shape index (κ1) is 16.5. The Kier molecular flexibility index (Phi) is 4.79. The topological polar surface area (TPSA) is 46.2 Å². The summed E-state index contributed by atoms with van der Waals surface area (Å²) in [5.74, 6) is 0. The highest BCUT2D eigenvalue weighted by molar-refractivity contribution is 7.92. The Hall–Kier alpha value is -0.870. The summed E-state index contributed by atoms with van der Waals surface area (Å²) in [6.45, 7) is 6.40. The van der Waals surface area contributed by atoms with Crippen LogP contribution in [0.5, 0.6) is 0 Å². The second-order valence-corrected chi connectivity index (χ2v) is 9.32. The van der Waals surface area contributed by atoms with Crippen molar-refractivity contribution in [1.82, 2.24) is 5.32 Å². The van der Waals surface area contributed by atoms with Gasteiger partial charge in [0.1, 0.15) is 0 Å². The molecule has 0 heterocycles. The highest BCUT2D eigenvalue weighted by Gasteiger charge is 2.32. The maximum atomic E-state index is 12.8. The molecule has 0 bridgehead atoms. The van der Waals surface area contributed by atoms with E-state index in [0.29, 0.717) is 10.9 Å². The third-order valence-electron chi connectivity index (χ3n) is 4.52. The molecule has 2 rings (SSSR count). The van der Waals surface area contributed by atoms with Crippen molar-refractivity contribution in [2.45, 2.75) is 68.1 Å². The van der Waals surface area contributed by atoms with Crippen LogP contribution in [0.15, 0.2) is 29.2 Å². The monoisotopic (exact) mass is 309 g/mol. The second kappa shape index (κ2) is 6.09. The third-order valence-corrected chi connectivity index (χ3v) is 6.76. The first-order valence-corrected chi connectivity index (χ1v) is 9.31. The molecule has 4 heteroatoms. The van der Waals surface area contributed by atoms with Crippen molar-refractivity contribution in [1.29, 1.82) is 0 Å². The summed E-state index contributed by atoms with van der Waals surface area (Å²) in [7, 11) is -1.29. The largest absolute Gasteiger partial charge is 0.317 e. The Morgan fingerprint density at radius 1 is 1.10 bits per heavy atom. The fourth-order valence-electron chi connectivity index (χ4n) is 3.03. The van der Waals surface area contributed by atoms with Crippen LogP contribution in [-0.2, 0) is 15.3 Å². The van der Waals surface area contributed by atoms with E-state index in [4.69, 9.17) is 0 Å². The maximum absolute atomic E-state index is 12.8. The quantitative estimate of drug-likeness (QED) is 0.932. The minimum absolute atomic E-state index is 0.0460. The van der Waals surface area contributed by atoms with Crippen molar-refractivity contribution in [2.24, 2.45) is 0 Å². The summed E-state index contributed by atoms with van der Waals surface area (Å²) < 4.78 is 25.6. The fraction of sp³-hybridized carbons (Fsp3) is 0.647. The van der Waals surface area contributed by atoms with E-state index in [2.05, 4.69) is 26.1 Å². The third kappa shape index (κ3) is 3.67. The molecule has 0 saturated heterocycles. The Bertz CT molecular complexity index is 570. The van der Waals surface area contributed by atoms with Gasteiger partial charge in [0.15, 0.2) is 9.84 Å². The Morgan fingerprint density at radius 2 is 1.71 bits per heavy atom. The summed E-state index contributed by atoms with van der Waals surface area (Å²) >= 11 is 0. The minimum Gasteiger partial charge on any atom is -0.317 e. The molecule has 118 valence electrons. The van der Waals surface area contributed by atoms with Gasteiger partial charge >= 0.3 is 0 Å². The van der Waals surface area contributed by atoms with E-state index in [0.717, 1.165) is 31.2 Å². The molecule has 1 aliphatic rings. The van der Waals surface area contributed by atoms with Crippen LogP contribution in [0.25, 0.3) is 0 Å². The van der Waals surface area contributed by atoms with E-state index < -0.39 is 9.84 Å². The van der Waals surface area contributed by atoms with E-state index in [1.165, 1.54) is 0 Å². The predicted molar refractivity (Wildman–Crippen MR) is 87.4 cm³/mol. The van der Waals surface area contributed by atoms with Gasteiger partial charge in [-0.2, -0.15) is 0 Å². The van der Waals surface area contributed by atoms with E-state index in [1.807, 2.05) is 19.2 Å². The molecule has 0 amide bonds. The second-order valence-electron chi connectivity index (χ2n) is 7.09. The molecule has 0 aromatic heterocycles. The predicted octanol–water partition coefficient (Wildman–Crippen LogP) is 3.29. The lowest BCUT2D eigenvalue weighted by Crippen LogP contribution is -2.37. The number of hydrogen-bond acceptors (Lipinski definition) is 3. The van der Waals surface area contributed by atoms with Gasteiger partial charge in [-0.15, -0.1) is 0 Å². The molecule has 1 aromatic rings. The van der Waals surface area contributed by atoms with Crippen LogP contribution in [-0.4, -0.2) is 26.8 Å².